The number of carbonyl (C=O) groups is 2. The monoisotopic (exact) mass is 468 g/mol. The van der Waals surface area contributed by atoms with Crippen molar-refractivity contribution in [1.82, 2.24) is 14.5 Å². The number of ether oxygens (including phenoxy) is 1. The second-order valence-electron chi connectivity index (χ2n) is 8.89. The van der Waals surface area contributed by atoms with Gasteiger partial charge in [0.1, 0.15) is 18.1 Å². The van der Waals surface area contributed by atoms with Crippen LogP contribution in [0.5, 0.6) is 5.75 Å². The van der Waals surface area contributed by atoms with Gasteiger partial charge in [-0.05, 0) is 29.8 Å². The predicted molar refractivity (Wildman–Crippen MR) is 135 cm³/mol. The number of fused-ring (bicyclic) bond motifs is 1. The van der Waals surface area contributed by atoms with E-state index in [1.165, 1.54) is 0 Å². The third-order valence-corrected chi connectivity index (χ3v) is 6.52. The molecule has 7 nitrogen and oxygen atoms in total. The van der Waals surface area contributed by atoms with Crippen LogP contribution in [0.1, 0.15) is 23.7 Å². The minimum Gasteiger partial charge on any atom is -0.497 e. The summed E-state index contributed by atoms with van der Waals surface area (Å²) in [5.41, 5.74) is 3.61. The number of hydrogen-bond acceptors (Lipinski definition) is 4. The molecule has 1 unspecified atom stereocenters. The van der Waals surface area contributed by atoms with E-state index >= 15 is 0 Å². The molecule has 5 rings (SSSR count). The summed E-state index contributed by atoms with van der Waals surface area (Å²) in [5.74, 6) is 1.39. The van der Waals surface area contributed by atoms with Crippen molar-refractivity contribution in [2.45, 2.75) is 25.4 Å². The van der Waals surface area contributed by atoms with Crippen LogP contribution in [0.2, 0.25) is 0 Å². The van der Waals surface area contributed by atoms with E-state index in [4.69, 9.17) is 9.72 Å². The molecular formula is C28H28N4O3. The van der Waals surface area contributed by atoms with Crippen LogP contribution in [-0.4, -0.2) is 47.0 Å². The standard InChI is InChI=1S/C28H28N4O3/c1-30(17-20-9-4-3-5-10-20)27(34)19-32-25-14-7-6-13-24(25)29-28(32)21-15-26(33)31(18-21)22-11-8-12-23(16-22)35-2/h3-14,16,21H,15,17-19H2,1-2H3. The molecule has 3 aromatic carbocycles. The van der Waals surface area contributed by atoms with E-state index < -0.39 is 0 Å². The summed E-state index contributed by atoms with van der Waals surface area (Å²) < 4.78 is 7.31. The number of methoxy groups -OCH3 is 1. The van der Waals surface area contributed by atoms with Gasteiger partial charge in [0.05, 0.1) is 18.1 Å². The minimum atomic E-state index is -0.117. The van der Waals surface area contributed by atoms with Crippen molar-refractivity contribution >= 4 is 28.5 Å². The van der Waals surface area contributed by atoms with Crippen LogP contribution in [0, 0.1) is 0 Å². The fourth-order valence-electron chi connectivity index (χ4n) is 4.68. The Hall–Kier alpha value is -4.13. The van der Waals surface area contributed by atoms with Gasteiger partial charge in [0.25, 0.3) is 0 Å². The topological polar surface area (TPSA) is 67.7 Å². The van der Waals surface area contributed by atoms with E-state index in [9.17, 15) is 9.59 Å². The number of hydrogen-bond donors (Lipinski definition) is 0. The Morgan fingerprint density at radius 3 is 2.63 bits per heavy atom. The summed E-state index contributed by atoms with van der Waals surface area (Å²) >= 11 is 0. The lowest BCUT2D eigenvalue weighted by Gasteiger charge is -2.20. The van der Waals surface area contributed by atoms with Gasteiger partial charge in [0.15, 0.2) is 0 Å². The molecule has 0 aliphatic carbocycles. The molecule has 1 atom stereocenters. The predicted octanol–water partition coefficient (Wildman–Crippen LogP) is 4.22. The van der Waals surface area contributed by atoms with Crippen molar-refractivity contribution in [2.24, 2.45) is 0 Å². The summed E-state index contributed by atoms with van der Waals surface area (Å²) in [7, 11) is 3.43. The summed E-state index contributed by atoms with van der Waals surface area (Å²) in [5, 5.41) is 0. The van der Waals surface area contributed by atoms with Gasteiger partial charge in [0, 0.05) is 44.2 Å². The van der Waals surface area contributed by atoms with Crippen LogP contribution in [0.3, 0.4) is 0 Å². The number of rotatable bonds is 7. The molecule has 0 bridgehead atoms. The second kappa shape index (κ2) is 9.62. The molecule has 2 heterocycles. The number of benzene rings is 3. The molecule has 7 heteroatoms. The highest BCUT2D eigenvalue weighted by Gasteiger charge is 2.35. The highest BCUT2D eigenvalue weighted by atomic mass is 16.5. The average molecular weight is 469 g/mol. The van der Waals surface area contributed by atoms with Gasteiger partial charge in [-0.15, -0.1) is 0 Å². The molecule has 2 amide bonds. The molecule has 1 aromatic heterocycles. The minimum absolute atomic E-state index is 0.00719. The Morgan fingerprint density at radius 2 is 1.83 bits per heavy atom. The molecule has 4 aromatic rings. The normalized spacial score (nSPS) is 15.5. The zero-order valence-electron chi connectivity index (χ0n) is 19.9. The van der Waals surface area contributed by atoms with Crippen LogP contribution in [0.15, 0.2) is 78.9 Å². The van der Waals surface area contributed by atoms with Crippen LogP contribution in [0.25, 0.3) is 11.0 Å². The first kappa shape index (κ1) is 22.7. The molecule has 0 saturated carbocycles. The fourth-order valence-corrected chi connectivity index (χ4v) is 4.68. The van der Waals surface area contributed by atoms with Gasteiger partial charge in [-0.3, -0.25) is 9.59 Å². The number of imidazole rings is 1. The third kappa shape index (κ3) is 4.62. The SMILES string of the molecule is COc1cccc(N2CC(c3nc4ccccc4n3CC(=O)N(C)Cc3ccccc3)CC2=O)c1. The largest absolute Gasteiger partial charge is 0.497 e. The maximum atomic E-state index is 13.2. The fraction of sp³-hybridized carbons (Fsp3) is 0.250. The van der Waals surface area contributed by atoms with E-state index in [1.807, 2.05) is 90.5 Å². The number of nitrogens with zero attached hydrogens (tertiary/aromatic N) is 4. The molecule has 0 radical (unpaired) electrons. The molecule has 1 saturated heterocycles. The molecule has 178 valence electrons. The first-order valence-electron chi connectivity index (χ1n) is 11.7. The van der Waals surface area contributed by atoms with E-state index in [0.29, 0.717) is 25.3 Å². The first-order valence-corrected chi connectivity index (χ1v) is 11.7. The Morgan fingerprint density at radius 1 is 1.06 bits per heavy atom. The molecule has 1 fully saturated rings. The molecule has 0 spiro atoms. The zero-order valence-corrected chi connectivity index (χ0v) is 19.9. The van der Waals surface area contributed by atoms with Gasteiger partial charge in [-0.1, -0.05) is 48.5 Å². The molecule has 1 aliphatic heterocycles. The van der Waals surface area contributed by atoms with Crippen LogP contribution >= 0.6 is 0 Å². The smallest absolute Gasteiger partial charge is 0.242 e. The second-order valence-corrected chi connectivity index (χ2v) is 8.89. The molecular weight excluding hydrogens is 440 g/mol. The average Bonchev–Trinajstić information content (AvgIpc) is 3.45. The quantitative estimate of drug-likeness (QED) is 0.407. The Kier molecular flexibility index (Phi) is 6.23. The first-order chi connectivity index (χ1) is 17.0. The van der Waals surface area contributed by atoms with Gasteiger partial charge in [0.2, 0.25) is 11.8 Å². The maximum absolute atomic E-state index is 13.2. The van der Waals surface area contributed by atoms with Crippen molar-refractivity contribution in [2.75, 3.05) is 25.6 Å². The Labute approximate surface area is 204 Å². The summed E-state index contributed by atoms with van der Waals surface area (Å²) in [6.45, 7) is 1.21. The van der Waals surface area contributed by atoms with Gasteiger partial charge in [-0.2, -0.15) is 0 Å². The number of amides is 2. The molecule has 35 heavy (non-hydrogen) atoms. The Balaban J connectivity index is 1.42. The number of likely N-dealkylation sites (N-methyl/N-ethyl adjacent to an activating group) is 1. The highest BCUT2D eigenvalue weighted by molar-refractivity contribution is 5.96. The zero-order chi connectivity index (χ0) is 24.4. The summed E-state index contributed by atoms with van der Waals surface area (Å²) in [6.07, 6.45) is 0.342. The number of carbonyl (C=O) groups excluding carboxylic acids is 2. The van der Waals surface area contributed by atoms with E-state index in [2.05, 4.69) is 0 Å². The van der Waals surface area contributed by atoms with Crippen molar-refractivity contribution < 1.29 is 14.3 Å². The van der Waals surface area contributed by atoms with E-state index in [1.54, 1.807) is 16.9 Å². The van der Waals surface area contributed by atoms with Gasteiger partial charge in [-0.25, -0.2) is 4.98 Å². The van der Waals surface area contributed by atoms with E-state index in [0.717, 1.165) is 28.1 Å². The van der Waals surface area contributed by atoms with Crippen molar-refractivity contribution in [3.8, 4) is 5.75 Å². The lowest BCUT2D eigenvalue weighted by atomic mass is 10.1. The van der Waals surface area contributed by atoms with Crippen LogP contribution in [-0.2, 0) is 22.7 Å². The summed E-state index contributed by atoms with van der Waals surface area (Å²) in [4.78, 5) is 34.6. The summed E-state index contributed by atoms with van der Waals surface area (Å²) in [6, 6.07) is 25.3. The molecule has 1 aliphatic rings. The van der Waals surface area contributed by atoms with Gasteiger partial charge >= 0.3 is 0 Å². The number of aromatic nitrogens is 2. The van der Waals surface area contributed by atoms with Crippen LogP contribution < -0.4 is 9.64 Å². The highest BCUT2D eigenvalue weighted by Crippen LogP contribution is 2.34. The van der Waals surface area contributed by atoms with Gasteiger partial charge < -0.3 is 19.1 Å². The van der Waals surface area contributed by atoms with Crippen molar-refractivity contribution in [3.63, 3.8) is 0 Å². The lowest BCUT2D eigenvalue weighted by molar-refractivity contribution is -0.131. The number of anilines is 1. The van der Waals surface area contributed by atoms with Crippen LogP contribution in [0.4, 0.5) is 5.69 Å². The third-order valence-electron chi connectivity index (χ3n) is 6.52. The molecule has 0 N–H and O–H groups in total. The lowest BCUT2D eigenvalue weighted by Crippen LogP contribution is -2.30. The Bertz CT molecular complexity index is 1370. The van der Waals surface area contributed by atoms with Crippen molar-refractivity contribution in [1.29, 1.82) is 0 Å². The van der Waals surface area contributed by atoms with E-state index in [-0.39, 0.29) is 24.3 Å². The number of para-hydroxylation sites is 2. The van der Waals surface area contributed by atoms with Crippen molar-refractivity contribution in [3.05, 3.63) is 90.3 Å². The maximum Gasteiger partial charge on any atom is 0.242 e.